The Bertz CT molecular complexity index is 625. The van der Waals surface area contributed by atoms with Gasteiger partial charge in [-0.2, -0.15) is 0 Å². The fourth-order valence-corrected chi connectivity index (χ4v) is 2.59. The molecule has 0 fully saturated rings. The molecule has 1 amide bonds. The first-order valence-electron chi connectivity index (χ1n) is 6.31. The Morgan fingerprint density at radius 2 is 2.25 bits per heavy atom. The Balaban J connectivity index is 2.23. The molecule has 0 aliphatic rings. The number of benzene rings is 1. The summed E-state index contributed by atoms with van der Waals surface area (Å²) in [6.45, 7) is 4.34. The van der Waals surface area contributed by atoms with Crippen molar-refractivity contribution in [2.45, 2.75) is 20.3 Å². The molecule has 0 bridgehead atoms. The minimum atomic E-state index is -0.0634. The van der Waals surface area contributed by atoms with Crippen LogP contribution in [0.2, 0.25) is 0 Å². The molecule has 0 saturated heterocycles. The lowest BCUT2D eigenvalue weighted by atomic mass is 10.1. The number of likely N-dealkylation sites (N-methyl/N-ethyl adjacent to an activating group) is 1. The zero-order valence-electron chi connectivity index (χ0n) is 11.5. The maximum atomic E-state index is 12.4. The number of phenolic OH excluding ortho intramolecular Hbond substituents is 1. The molecule has 0 radical (unpaired) electrons. The van der Waals surface area contributed by atoms with Crippen molar-refractivity contribution in [2.24, 2.45) is 0 Å². The second-order valence-corrected chi connectivity index (χ2v) is 5.35. The number of aromatic nitrogens is 1. The number of thiazole rings is 1. The number of nitrogen functional groups attached to an aromatic ring is 1. The Kier molecular flexibility index (Phi) is 4.24. The predicted molar refractivity (Wildman–Crippen MR) is 81.1 cm³/mol. The second kappa shape index (κ2) is 5.92. The Hall–Kier alpha value is -2.08. The minimum Gasteiger partial charge on any atom is -0.508 e. The summed E-state index contributed by atoms with van der Waals surface area (Å²) in [6.07, 6.45) is 0.205. The van der Waals surface area contributed by atoms with Gasteiger partial charge in [0.15, 0.2) is 5.13 Å². The van der Waals surface area contributed by atoms with E-state index in [1.54, 1.807) is 28.5 Å². The summed E-state index contributed by atoms with van der Waals surface area (Å²) in [5, 5.41) is 11.8. The van der Waals surface area contributed by atoms with Crippen molar-refractivity contribution in [3.05, 3.63) is 34.8 Å². The van der Waals surface area contributed by atoms with Gasteiger partial charge < -0.3 is 15.7 Å². The third kappa shape index (κ3) is 3.08. The Labute approximate surface area is 121 Å². The Morgan fingerprint density at radius 3 is 2.85 bits per heavy atom. The van der Waals surface area contributed by atoms with E-state index in [2.05, 4.69) is 4.98 Å². The first-order chi connectivity index (χ1) is 9.51. The van der Waals surface area contributed by atoms with E-state index >= 15 is 0 Å². The number of nitrogens with two attached hydrogens (primary N) is 1. The molecule has 0 aliphatic heterocycles. The van der Waals surface area contributed by atoms with Crippen LogP contribution in [0.25, 0.3) is 0 Å². The molecule has 1 aromatic heterocycles. The lowest BCUT2D eigenvalue weighted by molar-refractivity contribution is -0.118. The molecule has 3 N–H and O–H groups in total. The molecule has 0 atom stereocenters. The standard InChI is InChI=1S/C14H17N3O2S/c1-3-17(12-7-11(18)5-4-9(12)2)13(19)6-10-8-20-14(15)16-10/h4-5,7-8,18H,3,6H2,1-2H3,(H2,15,16). The number of amides is 1. The predicted octanol–water partition coefficient (Wildman–Crippen LogP) is 2.33. The minimum absolute atomic E-state index is 0.0634. The zero-order valence-corrected chi connectivity index (χ0v) is 12.3. The van der Waals surface area contributed by atoms with Crippen LogP contribution in [0, 0.1) is 6.92 Å². The van der Waals surface area contributed by atoms with Crippen molar-refractivity contribution >= 4 is 28.1 Å². The van der Waals surface area contributed by atoms with Crippen LogP contribution in [0.15, 0.2) is 23.6 Å². The topological polar surface area (TPSA) is 79.5 Å². The summed E-state index contributed by atoms with van der Waals surface area (Å²) >= 11 is 1.32. The highest BCUT2D eigenvalue weighted by molar-refractivity contribution is 7.13. The van der Waals surface area contributed by atoms with Crippen LogP contribution < -0.4 is 10.6 Å². The number of phenols is 1. The summed E-state index contributed by atoms with van der Waals surface area (Å²) in [5.74, 6) is 0.0845. The van der Waals surface area contributed by atoms with Crippen molar-refractivity contribution < 1.29 is 9.90 Å². The summed E-state index contributed by atoms with van der Waals surface area (Å²) in [7, 11) is 0. The molecule has 1 heterocycles. The Morgan fingerprint density at radius 1 is 1.50 bits per heavy atom. The summed E-state index contributed by atoms with van der Waals surface area (Å²) in [6, 6.07) is 5.01. The first kappa shape index (κ1) is 14.3. The number of hydrogen-bond acceptors (Lipinski definition) is 5. The van der Waals surface area contributed by atoms with Crippen LogP contribution in [-0.4, -0.2) is 22.5 Å². The average Bonchev–Trinajstić information content (AvgIpc) is 2.80. The molecule has 1 aromatic carbocycles. The molecule has 6 heteroatoms. The summed E-state index contributed by atoms with van der Waals surface area (Å²) < 4.78 is 0. The van der Waals surface area contributed by atoms with Gasteiger partial charge in [-0.25, -0.2) is 4.98 Å². The third-order valence-electron chi connectivity index (χ3n) is 3.00. The normalized spacial score (nSPS) is 10.5. The van der Waals surface area contributed by atoms with Crippen molar-refractivity contribution in [1.82, 2.24) is 4.98 Å². The van der Waals surface area contributed by atoms with Crippen molar-refractivity contribution in [3.8, 4) is 5.75 Å². The molecule has 0 saturated carbocycles. The van der Waals surface area contributed by atoms with Gasteiger partial charge in [-0.3, -0.25) is 4.79 Å². The fourth-order valence-electron chi connectivity index (χ4n) is 2.02. The lowest BCUT2D eigenvalue weighted by Crippen LogP contribution is -2.32. The maximum absolute atomic E-state index is 12.4. The number of nitrogens with zero attached hydrogens (tertiary/aromatic N) is 2. The monoisotopic (exact) mass is 291 g/mol. The average molecular weight is 291 g/mol. The molecular weight excluding hydrogens is 274 g/mol. The van der Waals surface area contributed by atoms with E-state index in [-0.39, 0.29) is 18.1 Å². The van der Waals surface area contributed by atoms with Crippen molar-refractivity contribution in [1.29, 1.82) is 0 Å². The van der Waals surface area contributed by atoms with Crippen LogP contribution in [-0.2, 0) is 11.2 Å². The van der Waals surface area contributed by atoms with E-state index in [1.807, 2.05) is 13.8 Å². The SMILES string of the molecule is CCN(C(=O)Cc1csc(N)n1)c1cc(O)ccc1C. The molecule has 2 aromatic rings. The largest absolute Gasteiger partial charge is 0.508 e. The zero-order chi connectivity index (χ0) is 14.7. The van der Waals surface area contributed by atoms with Gasteiger partial charge in [-0.05, 0) is 25.5 Å². The van der Waals surface area contributed by atoms with Gasteiger partial charge in [-0.15, -0.1) is 11.3 Å². The van der Waals surface area contributed by atoms with Crippen LogP contribution in [0.4, 0.5) is 10.8 Å². The molecule has 106 valence electrons. The first-order valence-corrected chi connectivity index (χ1v) is 7.19. The number of rotatable bonds is 4. The number of anilines is 2. The highest BCUT2D eigenvalue weighted by atomic mass is 32.1. The maximum Gasteiger partial charge on any atom is 0.233 e. The molecular formula is C14H17N3O2S. The highest BCUT2D eigenvalue weighted by Gasteiger charge is 2.17. The van der Waals surface area contributed by atoms with Crippen LogP contribution >= 0.6 is 11.3 Å². The number of hydrogen-bond donors (Lipinski definition) is 2. The van der Waals surface area contributed by atoms with E-state index in [4.69, 9.17) is 5.73 Å². The van der Waals surface area contributed by atoms with E-state index in [0.717, 1.165) is 11.3 Å². The number of aryl methyl sites for hydroxylation is 1. The quantitative estimate of drug-likeness (QED) is 0.906. The van der Waals surface area contributed by atoms with Crippen LogP contribution in [0.3, 0.4) is 0 Å². The fraction of sp³-hybridized carbons (Fsp3) is 0.286. The molecule has 20 heavy (non-hydrogen) atoms. The van der Waals surface area contributed by atoms with E-state index in [0.29, 0.717) is 17.4 Å². The smallest absolute Gasteiger partial charge is 0.233 e. The van der Waals surface area contributed by atoms with E-state index < -0.39 is 0 Å². The third-order valence-corrected chi connectivity index (χ3v) is 3.73. The van der Waals surface area contributed by atoms with Gasteiger partial charge in [0.2, 0.25) is 5.91 Å². The van der Waals surface area contributed by atoms with Crippen molar-refractivity contribution in [2.75, 3.05) is 17.2 Å². The van der Waals surface area contributed by atoms with Crippen LogP contribution in [0.1, 0.15) is 18.2 Å². The second-order valence-electron chi connectivity index (χ2n) is 4.46. The van der Waals surface area contributed by atoms with E-state index in [9.17, 15) is 9.90 Å². The molecule has 2 rings (SSSR count). The molecule has 5 nitrogen and oxygen atoms in total. The van der Waals surface area contributed by atoms with Gasteiger partial charge in [0.1, 0.15) is 5.75 Å². The molecule has 0 unspecified atom stereocenters. The number of carbonyl (C=O) groups excluding carboxylic acids is 1. The number of aromatic hydroxyl groups is 1. The molecule has 0 spiro atoms. The molecule has 0 aliphatic carbocycles. The highest BCUT2D eigenvalue weighted by Crippen LogP contribution is 2.25. The van der Waals surface area contributed by atoms with Gasteiger partial charge in [0, 0.05) is 18.0 Å². The lowest BCUT2D eigenvalue weighted by Gasteiger charge is -2.22. The van der Waals surface area contributed by atoms with Gasteiger partial charge in [0.05, 0.1) is 17.8 Å². The van der Waals surface area contributed by atoms with Gasteiger partial charge in [-0.1, -0.05) is 6.07 Å². The van der Waals surface area contributed by atoms with E-state index in [1.165, 1.54) is 11.3 Å². The van der Waals surface area contributed by atoms with Crippen LogP contribution in [0.5, 0.6) is 5.75 Å². The van der Waals surface area contributed by atoms with Gasteiger partial charge >= 0.3 is 0 Å². The van der Waals surface area contributed by atoms with Crippen molar-refractivity contribution in [3.63, 3.8) is 0 Å². The summed E-state index contributed by atoms with van der Waals surface area (Å²) in [5.41, 5.74) is 7.91. The number of carbonyl (C=O) groups is 1. The summed E-state index contributed by atoms with van der Waals surface area (Å²) in [4.78, 5) is 18.1. The van der Waals surface area contributed by atoms with Gasteiger partial charge in [0.25, 0.3) is 0 Å².